The molecule has 0 amide bonds. The zero-order valence-electron chi connectivity index (χ0n) is 13.2. The third kappa shape index (κ3) is 2.60. The average Bonchev–Trinajstić information content (AvgIpc) is 3.18. The van der Waals surface area contributed by atoms with Crippen molar-refractivity contribution in [3.05, 3.63) is 42.0 Å². The van der Waals surface area contributed by atoms with E-state index in [4.69, 9.17) is 0 Å². The summed E-state index contributed by atoms with van der Waals surface area (Å²) >= 11 is 0. The molecule has 1 saturated carbocycles. The summed E-state index contributed by atoms with van der Waals surface area (Å²) < 4.78 is 15.4. The van der Waals surface area contributed by atoms with E-state index in [0.717, 1.165) is 28.9 Å². The van der Waals surface area contributed by atoms with Crippen LogP contribution in [0.25, 0.3) is 22.2 Å². The second kappa shape index (κ2) is 5.72. The number of benzene rings is 1. The normalized spacial score (nSPS) is 15.6. The molecule has 0 bridgehead atoms. The van der Waals surface area contributed by atoms with Crippen molar-refractivity contribution in [3.63, 3.8) is 0 Å². The van der Waals surface area contributed by atoms with Gasteiger partial charge in [-0.3, -0.25) is 4.98 Å². The highest BCUT2D eigenvalue weighted by atomic mass is 19.1. The van der Waals surface area contributed by atoms with Gasteiger partial charge < -0.3 is 0 Å². The first kappa shape index (κ1) is 14.3. The molecule has 4 rings (SSSR count). The molecular weight excluding hydrogens is 291 g/mol. The number of aromatic nitrogens is 4. The molecule has 1 aliphatic rings. The lowest BCUT2D eigenvalue weighted by atomic mass is 10.0. The number of fused-ring (bicyclic) bond motifs is 1. The van der Waals surface area contributed by atoms with Crippen molar-refractivity contribution >= 4 is 10.9 Å². The van der Waals surface area contributed by atoms with Crippen LogP contribution < -0.4 is 0 Å². The zero-order chi connectivity index (χ0) is 15.8. The molecule has 0 aliphatic heterocycles. The van der Waals surface area contributed by atoms with Crippen LogP contribution in [-0.4, -0.2) is 20.0 Å². The second-order valence-electron chi connectivity index (χ2n) is 6.38. The van der Waals surface area contributed by atoms with E-state index < -0.39 is 0 Å². The van der Waals surface area contributed by atoms with E-state index in [1.807, 2.05) is 10.7 Å². The lowest BCUT2D eigenvalue weighted by Crippen LogP contribution is -2.10. The van der Waals surface area contributed by atoms with Crippen LogP contribution in [-0.2, 0) is 6.54 Å². The van der Waals surface area contributed by atoms with Crippen molar-refractivity contribution in [3.8, 4) is 11.3 Å². The Morgan fingerprint density at radius 2 is 2.04 bits per heavy atom. The maximum absolute atomic E-state index is 13.4. The van der Waals surface area contributed by atoms with Crippen molar-refractivity contribution in [1.29, 1.82) is 0 Å². The highest BCUT2D eigenvalue weighted by Crippen LogP contribution is 2.30. The fourth-order valence-electron chi connectivity index (χ4n) is 3.55. The van der Waals surface area contributed by atoms with Crippen LogP contribution in [0, 0.1) is 18.7 Å². The zero-order valence-corrected chi connectivity index (χ0v) is 13.2. The number of hydrogen-bond donors (Lipinski definition) is 0. The third-order valence-corrected chi connectivity index (χ3v) is 4.85. The molecule has 0 spiro atoms. The Kier molecular flexibility index (Phi) is 3.56. The van der Waals surface area contributed by atoms with Gasteiger partial charge in [0.1, 0.15) is 11.5 Å². The summed E-state index contributed by atoms with van der Waals surface area (Å²) in [5, 5.41) is 9.65. The maximum atomic E-state index is 13.4. The molecule has 4 nitrogen and oxygen atoms in total. The highest BCUT2D eigenvalue weighted by molar-refractivity contribution is 5.93. The van der Waals surface area contributed by atoms with E-state index >= 15 is 0 Å². The lowest BCUT2D eigenvalue weighted by molar-refractivity contribution is 0.416. The molecular formula is C18H19FN4. The Labute approximate surface area is 134 Å². The summed E-state index contributed by atoms with van der Waals surface area (Å²) in [7, 11) is 0. The Hall–Kier alpha value is -2.30. The number of halogens is 1. The smallest absolute Gasteiger partial charge is 0.125 e. The number of hydrogen-bond acceptors (Lipinski definition) is 3. The number of nitrogens with zero attached hydrogens (tertiary/aromatic N) is 4. The predicted octanol–water partition coefficient (Wildman–Crippen LogP) is 4.13. The van der Waals surface area contributed by atoms with E-state index in [1.165, 1.54) is 37.8 Å². The van der Waals surface area contributed by atoms with Crippen LogP contribution in [0.5, 0.6) is 0 Å². The molecule has 118 valence electrons. The number of pyridine rings is 1. The summed E-state index contributed by atoms with van der Waals surface area (Å²) in [5.41, 5.74) is 3.54. The van der Waals surface area contributed by atoms with Gasteiger partial charge in [-0.1, -0.05) is 18.1 Å². The van der Waals surface area contributed by atoms with Crippen LogP contribution in [0.1, 0.15) is 31.4 Å². The Bertz CT molecular complexity index is 849. The SMILES string of the molecule is Cc1c(-c2ccnc3cc(F)ccc23)nnn1CC1CCCC1. The van der Waals surface area contributed by atoms with Gasteiger partial charge in [0, 0.05) is 29.8 Å². The molecule has 1 aliphatic carbocycles. The fourth-order valence-corrected chi connectivity index (χ4v) is 3.55. The largest absolute Gasteiger partial charge is 0.256 e. The van der Waals surface area contributed by atoms with Gasteiger partial charge in [0.15, 0.2) is 0 Å². The van der Waals surface area contributed by atoms with Crippen molar-refractivity contribution in [2.24, 2.45) is 5.92 Å². The predicted molar refractivity (Wildman–Crippen MR) is 87.4 cm³/mol. The molecule has 1 aromatic carbocycles. The molecule has 0 radical (unpaired) electrons. The highest BCUT2D eigenvalue weighted by Gasteiger charge is 2.19. The minimum absolute atomic E-state index is 0.274. The maximum Gasteiger partial charge on any atom is 0.125 e. The van der Waals surface area contributed by atoms with Crippen LogP contribution in [0.15, 0.2) is 30.5 Å². The molecule has 0 atom stereocenters. The first-order valence-corrected chi connectivity index (χ1v) is 8.17. The molecule has 2 heterocycles. The number of rotatable bonds is 3. The van der Waals surface area contributed by atoms with Crippen molar-refractivity contribution < 1.29 is 4.39 Å². The van der Waals surface area contributed by atoms with Gasteiger partial charge in [0.05, 0.1) is 11.2 Å². The van der Waals surface area contributed by atoms with Gasteiger partial charge in [-0.25, -0.2) is 9.07 Å². The van der Waals surface area contributed by atoms with Crippen molar-refractivity contribution in [1.82, 2.24) is 20.0 Å². The van der Waals surface area contributed by atoms with Gasteiger partial charge >= 0.3 is 0 Å². The van der Waals surface area contributed by atoms with E-state index in [2.05, 4.69) is 22.2 Å². The fraction of sp³-hybridized carbons (Fsp3) is 0.389. The summed E-state index contributed by atoms with van der Waals surface area (Å²) in [6, 6.07) is 6.61. The quantitative estimate of drug-likeness (QED) is 0.730. The van der Waals surface area contributed by atoms with Crippen LogP contribution in [0.2, 0.25) is 0 Å². The summed E-state index contributed by atoms with van der Waals surface area (Å²) in [5.74, 6) is 0.440. The minimum Gasteiger partial charge on any atom is -0.256 e. The summed E-state index contributed by atoms with van der Waals surface area (Å²) in [4.78, 5) is 4.25. The van der Waals surface area contributed by atoms with Crippen LogP contribution in [0.3, 0.4) is 0 Å². The molecule has 5 heteroatoms. The molecule has 3 aromatic rings. The van der Waals surface area contributed by atoms with Gasteiger partial charge in [-0.15, -0.1) is 5.10 Å². The van der Waals surface area contributed by atoms with E-state index in [-0.39, 0.29) is 5.82 Å². The summed E-state index contributed by atoms with van der Waals surface area (Å²) in [6.45, 7) is 3.00. The molecule has 0 unspecified atom stereocenters. The van der Waals surface area contributed by atoms with Gasteiger partial charge in [-0.05, 0) is 43.9 Å². The standard InChI is InChI=1S/C18H19FN4/c1-12-18(21-22-23(12)11-13-4-2-3-5-13)16-8-9-20-17-10-14(19)6-7-15(16)17/h6-10,13H,2-5,11H2,1H3. The molecule has 1 fully saturated rings. The Morgan fingerprint density at radius 1 is 1.22 bits per heavy atom. The first-order chi connectivity index (χ1) is 11.2. The lowest BCUT2D eigenvalue weighted by Gasteiger charge is -2.10. The Balaban J connectivity index is 1.75. The van der Waals surface area contributed by atoms with Crippen LogP contribution in [0.4, 0.5) is 4.39 Å². The molecule has 0 N–H and O–H groups in total. The first-order valence-electron chi connectivity index (χ1n) is 8.17. The Morgan fingerprint density at radius 3 is 2.87 bits per heavy atom. The van der Waals surface area contributed by atoms with Crippen molar-refractivity contribution in [2.45, 2.75) is 39.2 Å². The minimum atomic E-state index is -0.274. The van der Waals surface area contributed by atoms with E-state index in [0.29, 0.717) is 11.4 Å². The summed E-state index contributed by atoms with van der Waals surface area (Å²) in [6.07, 6.45) is 6.92. The van der Waals surface area contributed by atoms with E-state index in [9.17, 15) is 4.39 Å². The third-order valence-electron chi connectivity index (χ3n) is 4.85. The average molecular weight is 310 g/mol. The molecule has 23 heavy (non-hydrogen) atoms. The van der Waals surface area contributed by atoms with Gasteiger partial charge in [0.2, 0.25) is 0 Å². The van der Waals surface area contributed by atoms with Crippen LogP contribution >= 0.6 is 0 Å². The molecule has 2 aromatic heterocycles. The monoisotopic (exact) mass is 310 g/mol. The second-order valence-corrected chi connectivity index (χ2v) is 6.38. The van der Waals surface area contributed by atoms with Gasteiger partial charge in [-0.2, -0.15) is 0 Å². The molecule has 0 saturated heterocycles. The van der Waals surface area contributed by atoms with E-state index in [1.54, 1.807) is 12.3 Å². The van der Waals surface area contributed by atoms with Gasteiger partial charge in [0.25, 0.3) is 0 Å². The topological polar surface area (TPSA) is 43.6 Å². The van der Waals surface area contributed by atoms with Crippen molar-refractivity contribution in [2.75, 3.05) is 0 Å².